The molecule has 0 aromatic heterocycles. The van der Waals surface area contributed by atoms with E-state index in [1.54, 1.807) is 0 Å². The van der Waals surface area contributed by atoms with Gasteiger partial charge in [0.1, 0.15) is 0 Å². The van der Waals surface area contributed by atoms with E-state index in [0.29, 0.717) is 11.8 Å². The van der Waals surface area contributed by atoms with Crippen LogP contribution in [-0.2, 0) is 4.79 Å². The third-order valence-electron chi connectivity index (χ3n) is 5.89. The Morgan fingerprint density at radius 3 is 1.95 bits per heavy atom. The fourth-order valence-electron chi connectivity index (χ4n) is 5.27. The summed E-state index contributed by atoms with van der Waals surface area (Å²) >= 11 is 0. The topological polar surface area (TPSA) is 43.1 Å². The van der Waals surface area contributed by atoms with Crippen molar-refractivity contribution in [2.75, 3.05) is 0 Å². The molecule has 4 fully saturated rings. The van der Waals surface area contributed by atoms with Crippen LogP contribution in [0.1, 0.15) is 43.2 Å². The summed E-state index contributed by atoms with van der Waals surface area (Å²) in [7, 11) is 0. The number of carbonyl (C=O) groups is 1. The molecule has 0 heterocycles. The van der Waals surface area contributed by atoms with E-state index in [2.05, 4.69) is 31.2 Å². The molecule has 110 valence electrons. The van der Waals surface area contributed by atoms with E-state index in [-0.39, 0.29) is 5.91 Å². The summed E-state index contributed by atoms with van der Waals surface area (Å²) in [5, 5.41) is 0. The maximum absolute atomic E-state index is 12.2. The molecular formula is C19H23NO. The minimum absolute atomic E-state index is 0.235. The average molecular weight is 281 g/mol. The second kappa shape index (κ2) is 4.72. The molecule has 4 aliphatic carbocycles. The maximum Gasteiger partial charge on any atom is 0.249 e. The second-order valence-electron chi connectivity index (χ2n) is 7.37. The summed E-state index contributed by atoms with van der Waals surface area (Å²) in [6.07, 6.45) is 6.56. The van der Waals surface area contributed by atoms with E-state index in [0.717, 1.165) is 23.0 Å². The summed E-state index contributed by atoms with van der Waals surface area (Å²) in [5.41, 5.74) is 10.3. The van der Waals surface area contributed by atoms with Gasteiger partial charge in [-0.2, -0.15) is 0 Å². The zero-order chi connectivity index (χ0) is 14.6. The van der Waals surface area contributed by atoms with E-state index in [4.69, 9.17) is 5.73 Å². The lowest BCUT2D eigenvalue weighted by Crippen LogP contribution is -2.41. The van der Waals surface area contributed by atoms with Crippen molar-refractivity contribution in [2.24, 2.45) is 29.4 Å². The SMILES string of the molecule is Cc1ccc(C(C(N)=O)=C2C3CC4CC(C3)CC2C4)cc1. The minimum Gasteiger partial charge on any atom is -0.366 e. The summed E-state index contributed by atoms with van der Waals surface area (Å²) in [4.78, 5) is 12.2. The van der Waals surface area contributed by atoms with Crippen LogP contribution in [0.15, 0.2) is 29.8 Å². The van der Waals surface area contributed by atoms with Crippen LogP contribution in [0.25, 0.3) is 5.57 Å². The third-order valence-corrected chi connectivity index (χ3v) is 5.89. The molecule has 21 heavy (non-hydrogen) atoms. The van der Waals surface area contributed by atoms with Gasteiger partial charge in [0, 0.05) is 5.57 Å². The largest absolute Gasteiger partial charge is 0.366 e. The minimum atomic E-state index is -0.235. The summed E-state index contributed by atoms with van der Waals surface area (Å²) in [6, 6.07) is 8.28. The smallest absolute Gasteiger partial charge is 0.249 e. The fraction of sp³-hybridized carbons (Fsp3) is 0.526. The summed E-state index contributed by atoms with van der Waals surface area (Å²) < 4.78 is 0. The predicted molar refractivity (Wildman–Crippen MR) is 84.3 cm³/mol. The molecule has 2 N–H and O–H groups in total. The molecule has 1 amide bonds. The monoisotopic (exact) mass is 281 g/mol. The first-order valence-electron chi connectivity index (χ1n) is 8.22. The van der Waals surface area contributed by atoms with Gasteiger partial charge in [-0.15, -0.1) is 0 Å². The van der Waals surface area contributed by atoms with E-state index >= 15 is 0 Å². The highest BCUT2D eigenvalue weighted by molar-refractivity contribution is 6.19. The number of amides is 1. The van der Waals surface area contributed by atoms with E-state index in [1.165, 1.54) is 43.2 Å². The Morgan fingerprint density at radius 2 is 1.48 bits per heavy atom. The Kier molecular flexibility index (Phi) is 2.95. The molecule has 0 saturated heterocycles. The van der Waals surface area contributed by atoms with Gasteiger partial charge < -0.3 is 5.73 Å². The van der Waals surface area contributed by atoms with Crippen LogP contribution in [0.5, 0.6) is 0 Å². The zero-order valence-electron chi connectivity index (χ0n) is 12.6. The first-order chi connectivity index (χ1) is 10.1. The number of benzene rings is 1. The van der Waals surface area contributed by atoms with Gasteiger partial charge in [-0.1, -0.05) is 35.4 Å². The van der Waals surface area contributed by atoms with Crippen molar-refractivity contribution in [1.82, 2.24) is 0 Å². The van der Waals surface area contributed by atoms with Crippen molar-refractivity contribution in [3.63, 3.8) is 0 Å². The van der Waals surface area contributed by atoms with Crippen LogP contribution < -0.4 is 5.73 Å². The molecule has 0 atom stereocenters. The molecule has 2 nitrogen and oxygen atoms in total. The quantitative estimate of drug-likeness (QED) is 0.825. The standard InChI is InChI=1S/C19H23NO/c1-11-2-4-14(5-3-11)18(19(20)21)17-15-7-12-6-13(9-15)10-16(17)8-12/h2-5,12-13,15-16H,6-10H2,1H3,(H2,20,21). The number of nitrogens with two attached hydrogens (primary N) is 1. The molecule has 2 heteroatoms. The predicted octanol–water partition coefficient (Wildman–Crippen LogP) is 3.69. The van der Waals surface area contributed by atoms with Gasteiger partial charge in [-0.05, 0) is 68.3 Å². The number of primary amides is 1. The Morgan fingerprint density at radius 1 is 0.952 bits per heavy atom. The van der Waals surface area contributed by atoms with E-state index < -0.39 is 0 Å². The molecular weight excluding hydrogens is 258 g/mol. The molecule has 0 aliphatic heterocycles. The van der Waals surface area contributed by atoms with E-state index in [1.807, 2.05) is 0 Å². The Labute approximate surface area is 126 Å². The van der Waals surface area contributed by atoms with Gasteiger partial charge in [0.25, 0.3) is 0 Å². The van der Waals surface area contributed by atoms with E-state index in [9.17, 15) is 4.79 Å². The molecule has 4 saturated carbocycles. The number of allylic oxidation sites excluding steroid dienone is 1. The second-order valence-corrected chi connectivity index (χ2v) is 7.37. The fourth-order valence-corrected chi connectivity index (χ4v) is 5.27. The Hall–Kier alpha value is -1.57. The van der Waals surface area contributed by atoms with Crippen LogP contribution in [-0.4, -0.2) is 5.91 Å². The molecule has 0 spiro atoms. The number of aryl methyl sites for hydroxylation is 1. The first kappa shape index (κ1) is 13.1. The lowest BCUT2D eigenvalue weighted by Gasteiger charge is -2.52. The van der Waals surface area contributed by atoms with Gasteiger partial charge in [-0.3, -0.25) is 4.79 Å². The van der Waals surface area contributed by atoms with Crippen LogP contribution >= 0.6 is 0 Å². The highest BCUT2D eigenvalue weighted by Crippen LogP contribution is 2.57. The van der Waals surface area contributed by atoms with Gasteiger partial charge in [0.2, 0.25) is 5.91 Å². The Balaban J connectivity index is 1.82. The van der Waals surface area contributed by atoms with Gasteiger partial charge in [-0.25, -0.2) is 0 Å². The first-order valence-corrected chi connectivity index (χ1v) is 8.22. The normalized spacial score (nSPS) is 33.3. The van der Waals surface area contributed by atoms with Gasteiger partial charge >= 0.3 is 0 Å². The summed E-state index contributed by atoms with van der Waals surface area (Å²) in [5.74, 6) is 2.81. The van der Waals surface area contributed by atoms with Crippen molar-refractivity contribution >= 4 is 11.5 Å². The maximum atomic E-state index is 12.2. The highest BCUT2D eigenvalue weighted by atomic mass is 16.1. The number of hydrogen-bond acceptors (Lipinski definition) is 1. The van der Waals surface area contributed by atoms with Crippen molar-refractivity contribution in [1.29, 1.82) is 0 Å². The zero-order valence-corrected chi connectivity index (χ0v) is 12.6. The van der Waals surface area contributed by atoms with Crippen LogP contribution in [0, 0.1) is 30.6 Å². The summed E-state index contributed by atoms with van der Waals surface area (Å²) in [6.45, 7) is 2.07. The molecule has 0 unspecified atom stereocenters. The van der Waals surface area contributed by atoms with Gasteiger partial charge in [0.05, 0.1) is 0 Å². The molecule has 4 aliphatic rings. The molecule has 0 radical (unpaired) electrons. The van der Waals surface area contributed by atoms with Crippen LogP contribution in [0.3, 0.4) is 0 Å². The molecule has 1 aromatic rings. The third kappa shape index (κ3) is 2.12. The molecule has 4 bridgehead atoms. The van der Waals surface area contributed by atoms with Crippen molar-refractivity contribution in [2.45, 2.75) is 39.0 Å². The average Bonchev–Trinajstić information content (AvgIpc) is 2.43. The molecule has 1 aromatic carbocycles. The highest BCUT2D eigenvalue weighted by Gasteiger charge is 2.46. The number of rotatable bonds is 2. The van der Waals surface area contributed by atoms with Crippen molar-refractivity contribution < 1.29 is 4.79 Å². The van der Waals surface area contributed by atoms with Crippen LogP contribution in [0.4, 0.5) is 0 Å². The lowest BCUT2D eigenvalue weighted by atomic mass is 9.53. The number of hydrogen-bond donors (Lipinski definition) is 1. The van der Waals surface area contributed by atoms with Crippen molar-refractivity contribution in [3.05, 3.63) is 41.0 Å². The number of carbonyl (C=O) groups excluding carboxylic acids is 1. The van der Waals surface area contributed by atoms with Gasteiger partial charge in [0.15, 0.2) is 0 Å². The van der Waals surface area contributed by atoms with Crippen molar-refractivity contribution in [3.8, 4) is 0 Å². The molecule has 5 rings (SSSR count). The lowest BCUT2D eigenvalue weighted by molar-refractivity contribution is -0.112. The van der Waals surface area contributed by atoms with Crippen LogP contribution in [0.2, 0.25) is 0 Å². The Bertz CT molecular complexity index is 581.